The number of aliphatic hydroxyl groups is 1. The van der Waals surface area contributed by atoms with Crippen LogP contribution in [0.2, 0.25) is 0 Å². The zero-order valence-corrected chi connectivity index (χ0v) is 21.0. The number of hydrogen-bond acceptors (Lipinski definition) is 7. The second-order valence-corrected chi connectivity index (χ2v) is 10.3. The van der Waals surface area contributed by atoms with Gasteiger partial charge in [-0.05, 0) is 56.5 Å². The number of nitrogens with zero attached hydrogens (tertiary/aromatic N) is 3. The molecule has 1 saturated carbocycles. The third-order valence-corrected chi connectivity index (χ3v) is 7.74. The number of carbonyl (C=O) groups excluding carboxylic acids is 1. The van der Waals surface area contributed by atoms with Crippen LogP contribution < -0.4 is 9.47 Å². The molecule has 1 aliphatic carbocycles. The number of hydrogen-bond donors (Lipinski definition) is 1. The number of carbonyl (C=O) groups is 1. The minimum atomic E-state index is -0.0718. The highest BCUT2D eigenvalue weighted by atomic mass is 32.1. The van der Waals surface area contributed by atoms with Crippen molar-refractivity contribution in [3.63, 3.8) is 0 Å². The first-order valence-corrected chi connectivity index (χ1v) is 13.4. The second kappa shape index (κ2) is 12.5. The molecule has 7 nitrogen and oxygen atoms in total. The predicted molar refractivity (Wildman–Crippen MR) is 133 cm³/mol. The van der Waals surface area contributed by atoms with Gasteiger partial charge in [0.25, 0.3) is 0 Å². The fraction of sp³-hybridized carbons (Fsp3) is 0.615. The van der Waals surface area contributed by atoms with E-state index in [0.717, 1.165) is 62.4 Å². The van der Waals surface area contributed by atoms with Crippen LogP contribution in [0.4, 0.5) is 0 Å². The summed E-state index contributed by atoms with van der Waals surface area (Å²) in [5.41, 5.74) is 1.69. The highest BCUT2D eigenvalue weighted by molar-refractivity contribution is 7.09. The molecule has 2 aliphatic rings. The summed E-state index contributed by atoms with van der Waals surface area (Å²) < 4.78 is 11.5. The molecule has 0 radical (unpaired) electrons. The fourth-order valence-electron chi connectivity index (χ4n) is 4.92. The first-order valence-electron chi connectivity index (χ1n) is 12.5. The molecule has 2 aromatic rings. The summed E-state index contributed by atoms with van der Waals surface area (Å²) in [6, 6.07) is 5.92. The molecule has 1 amide bonds. The van der Waals surface area contributed by atoms with Gasteiger partial charge >= 0.3 is 0 Å². The van der Waals surface area contributed by atoms with Gasteiger partial charge in [0.15, 0.2) is 11.5 Å². The number of aliphatic hydroxyl groups excluding tert-OH is 1. The van der Waals surface area contributed by atoms with Crippen LogP contribution in [0, 0.1) is 5.92 Å². The average Bonchev–Trinajstić information content (AvgIpc) is 3.58. The summed E-state index contributed by atoms with van der Waals surface area (Å²) in [6.07, 6.45) is 8.18. The largest absolute Gasteiger partial charge is 0.493 e. The van der Waals surface area contributed by atoms with Crippen molar-refractivity contribution >= 4 is 17.2 Å². The van der Waals surface area contributed by atoms with E-state index in [9.17, 15) is 9.90 Å². The number of methoxy groups -OCH3 is 1. The normalized spacial score (nSPS) is 17.1. The van der Waals surface area contributed by atoms with E-state index in [2.05, 4.69) is 14.8 Å². The highest BCUT2D eigenvalue weighted by Gasteiger charge is 2.28. The van der Waals surface area contributed by atoms with Gasteiger partial charge in [-0.15, -0.1) is 11.3 Å². The predicted octanol–water partition coefficient (Wildman–Crippen LogP) is 4.23. The van der Waals surface area contributed by atoms with Crippen LogP contribution >= 0.6 is 11.3 Å². The van der Waals surface area contributed by atoms with Crippen LogP contribution in [0.15, 0.2) is 23.6 Å². The summed E-state index contributed by atoms with van der Waals surface area (Å²) in [5.74, 6) is 1.77. The minimum absolute atomic E-state index is 0.0718. The number of aromatic nitrogens is 1. The lowest BCUT2D eigenvalue weighted by atomic mass is 10.1. The van der Waals surface area contributed by atoms with Crippen LogP contribution in [0.5, 0.6) is 11.5 Å². The Morgan fingerprint density at radius 3 is 2.68 bits per heavy atom. The zero-order chi connectivity index (χ0) is 23.8. The number of ether oxygens (including phenoxy) is 2. The lowest BCUT2D eigenvalue weighted by molar-refractivity contribution is -0.136. The third kappa shape index (κ3) is 6.71. The number of amides is 1. The van der Waals surface area contributed by atoms with Gasteiger partial charge in [-0.1, -0.05) is 25.3 Å². The van der Waals surface area contributed by atoms with Gasteiger partial charge in [0.1, 0.15) is 11.6 Å². The smallest absolute Gasteiger partial charge is 0.226 e. The van der Waals surface area contributed by atoms with Gasteiger partial charge in [0.2, 0.25) is 5.91 Å². The summed E-state index contributed by atoms with van der Waals surface area (Å²) in [5, 5.41) is 11.9. The number of rotatable bonds is 11. The SMILES string of the molecule is COc1ccc(CN(CCN2CCCCC2)C(=O)C2CCCC2)cc1OCc1nc(CO)cs1. The summed E-state index contributed by atoms with van der Waals surface area (Å²) in [6.45, 7) is 4.80. The topological polar surface area (TPSA) is 75.1 Å². The molecule has 4 rings (SSSR count). The van der Waals surface area contributed by atoms with Crippen molar-refractivity contribution in [1.29, 1.82) is 0 Å². The number of thiazole rings is 1. The Balaban J connectivity index is 1.44. The summed E-state index contributed by atoms with van der Waals surface area (Å²) >= 11 is 1.47. The van der Waals surface area contributed by atoms with E-state index in [4.69, 9.17) is 9.47 Å². The second-order valence-electron chi connectivity index (χ2n) is 9.31. The van der Waals surface area contributed by atoms with E-state index < -0.39 is 0 Å². The van der Waals surface area contributed by atoms with E-state index in [1.165, 1.54) is 30.6 Å². The Hall–Kier alpha value is -2.16. The molecular formula is C26H37N3O4S. The van der Waals surface area contributed by atoms with Gasteiger partial charge < -0.3 is 24.4 Å². The van der Waals surface area contributed by atoms with Crippen LogP contribution in [0.1, 0.15) is 61.2 Å². The van der Waals surface area contributed by atoms with E-state index in [0.29, 0.717) is 36.3 Å². The standard InChI is InChI=1S/C26H37N3O4S/c1-32-23-10-9-20(15-24(23)33-18-25-27-22(17-30)19-34-25)16-29(26(31)21-7-3-4-8-21)14-13-28-11-5-2-6-12-28/h9-10,15,19,21,30H,2-8,11-14,16-18H2,1H3. The van der Waals surface area contributed by atoms with Gasteiger partial charge in [0.05, 0.1) is 19.4 Å². The molecular weight excluding hydrogens is 450 g/mol. The molecule has 0 atom stereocenters. The van der Waals surface area contributed by atoms with Crippen LogP contribution in [-0.2, 0) is 24.6 Å². The van der Waals surface area contributed by atoms with Crippen molar-refractivity contribution < 1.29 is 19.4 Å². The lowest BCUT2D eigenvalue weighted by Crippen LogP contribution is -2.42. The third-order valence-electron chi connectivity index (χ3n) is 6.86. The lowest BCUT2D eigenvalue weighted by Gasteiger charge is -2.31. The maximum Gasteiger partial charge on any atom is 0.226 e. The Kier molecular flexibility index (Phi) is 9.18. The fourth-order valence-corrected chi connectivity index (χ4v) is 5.62. The van der Waals surface area contributed by atoms with Crippen LogP contribution in [-0.4, -0.2) is 59.1 Å². The molecule has 1 saturated heterocycles. The van der Waals surface area contributed by atoms with E-state index in [1.807, 2.05) is 23.6 Å². The first-order chi connectivity index (χ1) is 16.7. The molecule has 0 unspecified atom stereocenters. The molecule has 1 N–H and O–H groups in total. The quantitative estimate of drug-likeness (QED) is 0.511. The van der Waals surface area contributed by atoms with Crippen LogP contribution in [0.25, 0.3) is 0 Å². The molecule has 0 bridgehead atoms. The molecule has 1 aromatic carbocycles. The van der Waals surface area contributed by atoms with Gasteiger partial charge in [0, 0.05) is 30.9 Å². The number of benzene rings is 1. The van der Waals surface area contributed by atoms with Crippen molar-refractivity contribution in [2.24, 2.45) is 5.92 Å². The van der Waals surface area contributed by atoms with E-state index in [-0.39, 0.29) is 12.5 Å². The Morgan fingerprint density at radius 2 is 1.97 bits per heavy atom. The van der Waals surface area contributed by atoms with E-state index in [1.54, 1.807) is 7.11 Å². The van der Waals surface area contributed by atoms with Crippen molar-refractivity contribution in [2.75, 3.05) is 33.3 Å². The average molecular weight is 488 g/mol. The zero-order valence-electron chi connectivity index (χ0n) is 20.2. The van der Waals surface area contributed by atoms with Crippen molar-refractivity contribution in [3.05, 3.63) is 39.8 Å². The Bertz CT molecular complexity index is 923. The minimum Gasteiger partial charge on any atom is -0.493 e. The Labute approximate surface area is 206 Å². The summed E-state index contributed by atoms with van der Waals surface area (Å²) in [7, 11) is 1.63. The molecule has 34 heavy (non-hydrogen) atoms. The highest BCUT2D eigenvalue weighted by Crippen LogP contribution is 2.31. The molecule has 8 heteroatoms. The van der Waals surface area contributed by atoms with Gasteiger partial charge in [-0.2, -0.15) is 0 Å². The number of piperidine rings is 1. The van der Waals surface area contributed by atoms with Gasteiger partial charge in [-0.25, -0.2) is 4.98 Å². The van der Waals surface area contributed by atoms with Crippen molar-refractivity contribution in [2.45, 2.75) is 64.7 Å². The maximum absolute atomic E-state index is 13.4. The number of likely N-dealkylation sites (tertiary alicyclic amines) is 1. The van der Waals surface area contributed by atoms with Crippen LogP contribution in [0.3, 0.4) is 0 Å². The maximum atomic E-state index is 13.4. The monoisotopic (exact) mass is 487 g/mol. The Morgan fingerprint density at radius 1 is 1.18 bits per heavy atom. The van der Waals surface area contributed by atoms with E-state index >= 15 is 0 Å². The molecule has 186 valence electrons. The van der Waals surface area contributed by atoms with Gasteiger partial charge in [-0.3, -0.25) is 4.79 Å². The molecule has 2 fully saturated rings. The van der Waals surface area contributed by atoms with Crippen molar-refractivity contribution in [3.8, 4) is 11.5 Å². The summed E-state index contributed by atoms with van der Waals surface area (Å²) in [4.78, 5) is 22.3. The molecule has 2 heterocycles. The molecule has 1 aliphatic heterocycles. The first kappa shape index (κ1) is 24.9. The van der Waals surface area contributed by atoms with Crippen molar-refractivity contribution in [1.82, 2.24) is 14.8 Å². The molecule has 1 aromatic heterocycles. The molecule has 0 spiro atoms.